The Balaban J connectivity index is 2.00. The summed E-state index contributed by atoms with van der Waals surface area (Å²) in [5.41, 5.74) is 0.388. The summed E-state index contributed by atoms with van der Waals surface area (Å²) in [4.78, 5) is 13.2. The molecule has 1 aliphatic heterocycles. The first-order valence-corrected chi connectivity index (χ1v) is 5.08. The van der Waals surface area contributed by atoms with Crippen LogP contribution in [0, 0.1) is 0 Å². The van der Waals surface area contributed by atoms with E-state index in [1.54, 1.807) is 0 Å². The third-order valence-corrected chi connectivity index (χ3v) is 2.48. The van der Waals surface area contributed by atoms with Gasteiger partial charge in [0.1, 0.15) is 5.75 Å². The normalized spacial score (nSPS) is 15.9. The minimum Gasteiger partial charge on any atom is -0.435 e. The lowest BCUT2D eigenvalue weighted by Crippen LogP contribution is -2.53. The lowest BCUT2D eigenvalue weighted by Gasteiger charge is -2.35. The Morgan fingerprint density at radius 3 is 2.41 bits per heavy atom. The molecule has 1 aliphatic rings. The number of alkyl halides is 2. The number of aliphatic hydroxyl groups excluding tert-OH is 1. The number of nitrogens with zero attached hydrogens (tertiary/aromatic N) is 1. The molecule has 92 valence electrons. The Labute approximate surface area is 96.4 Å². The third-order valence-electron chi connectivity index (χ3n) is 2.48. The van der Waals surface area contributed by atoms with Gasteiger partial charge in [0.05, 0.1) is 6.10 Å². The fraction of sp³-hybridized carbons (Fsp3) is 0.364. The number of hydrogen-bond donors (Lipinski definition) is 1. The van der Waals surface area contributed by atoms with Crippen LogP contribution in [-0.2, 0) is 0 Å². The van der Waals surface area contributed by atoms with Gasteiger partial charge in [-0.05, 0) is 24.3 Å². The summed E-state index contributed by atoms with van der Waals surface area (Å²) < 4.78 is 27.9. The molecule has 1 N–H and O–H groups in total. The maximum atomic E-state index is 11.9. The molecule has 2 rings (SSSR count). The molecular weight excluding hydrogens is 232 g/mol. The Morgan fingerprint density at radius 1 is 1.35 bits per heavy atom. The van der Waals surface area contributed by atoms with Crippen molar-refractivity contribution in [3.05, 3.63) is 29.8 Å². The quantitative estimate of drug-likeness (QED) is 0.865. The molecule has 0 aromatic heterocycles. The standard InChI is InChI=1S/C11H11F2NO3/c12-11(13)17-9-3-1-7(2-4-9)10(16)14-5-8(15)6-14/h1-4,8,11,15H,5-6H2. The number of benzene rings is 1. The van der Waals surface area contributed by atoms with E-state index in [1.807, 2.05) is 0 Å². The molecule has 0 unspecified atom stereocenters. The molecule has 0 spiro atoms. The predicted molar refractivity (Wildman–Crippen MR) is 55.0 cm³/mol. The zero-order valence-corrected chi connectivity index (χ0v) is 8.85. The molecule has 1 saturated heterocycles. The van der Waals surface area contributed by atoms with Crippen molar-refractivity contribution >= 4 is 5.91 Å². The van der Waals surface area contributed by atoms with Crippen molar-refractivity contribution in [1.82, 2.24) is 4.90 Å². The van der Waals surface area contributed by atoms with E-state index < -0.39 is 12.7 Å². The Hall–Kier alpha value is -1.69. The summed E-state index contributed by atoms with van der Waals surface area (Å²) in [6.07, 6.45) is -0.458. The van der Waals surface area contributed by atoms with Gasteiger partial charge in [-0.15, -0.1) is 0 Å². The van der Waals surface area contributed by atoms with Crippen LogP contribution in [0.5, 0.6) is 5.75 Å². The molecule has 1 fully saturated rings. The average molecular weight is 243 g/mol. The molecule has 0 radical (unpaired) electrons. The maximum absolute atomic E-state index is 11.9. The van der Waals surface area contributed by atoms with Crippen LogP contribution in [0.25, 0.3) is 0 Å². The highest BCUT2D eigenvalue weighted by molar-refractivity contribution is 5.94. The Morgan fingerprint density at radius 2 is 1.94 bits per heavy atom. The van der Waals surface area contributed by atoms with Crippen molar-refractivity contribution in [3.8, 4) is 5.75 Å². The van der Waals surface area contributed by atoms with Gasteiger partial charge < -0.3 is 14.7 Å². The van der Waals surface area contributed by atoms with Gasteiger partial charge in [-0.2, -0.15) is 8.78 Å². The maximum Gasteiger partial charge on any atom is 0.387 e. The van der Waals surface area contributed by atoms with Crippen LogP contribution in [0.3, 0.4) is 0 Å². The topological polar surface area (TPSA) is 49.8 Å². The zero-order chi connectivity index (χ0) is 12.4. The lowest BCUT2D eigenvalue weighted by atomic mass is 10.1. The van der Waals surface area contributed by atoms with Crippen LogP contribution in [0.1, 0.15) is 10.4 Å². The lowest BCUT2D eigenvalue weighted by molar-refractivity contribution is -0.0498. The molecule has 17 heavy (non-hydrogen) atoms. The largest absolute Gasteiger partial charge is 0.435 e. The molecule has 0 bridgehead atoms. The fourth-order valence-electron chi connectivity index (χ4n) is 1.58. The van der Waals surface area contributed by atoms with E-state index in [9.17, 15) is 13.6 Å². The smallest absolute Gasteiger partial charge is 0.387 e. The summed E-state index contributed by atoms with van der Waals surface area (Å²) in [6.45, 7) is -2.25. The summed E-state index contributed by atoms with van der Waals surface area (Å²) in [5.74, 6) is -0.209. The minimum absolute atomic E-state index is 0.0141. The molecule has 0 aliphatic carbocycles. The van der Waals surface area contributed by atoms with Crippen LogP contribution in [0.2, 0.25) is 0 Å². The van der Waals surface area contributed by atoms with E-state index in [0.717, 1.165) is 0 Å². The molecule has 1 heterocycles. The molecule has 1 aromatic rings. The minimum atomic E-state index is -2.87. The van der Waals surface area contributed by atoms with E-state index in [4.69, 9.17) is 5.11 Å². The highest BCUT2D eigenvalue weighted by atomic mass is 19.3. The van der Waals surface area contributed by atoms with Crippen molar-refractivity contribution in [2.75, 3.05) is 13.1 Å². The van der Waals surface area contributed by atoms with Crippen LogP contribution in [0.4, 0.5) is 8.78 Å². The van der Waals surface area contributed by atoms with Gasteiger partial charge in [0.25, 0.3) is 5.91 Å². The molecule has 4 nitrogen and oxygen atoms in total. The summed E-state index contributed by atoms with van der Waals surface area (Å²) in [5, 5.41) is 9.06. The van der Waals surface area contributed by atoms with Crippen molar-refractivity contribution in [3.63, 3.8) is 0 Å². The number of carbonyl (C=O) groups is 1. The van der Waals surface area contributed by atoms with Crippen molar-refractivity contribution in [1.29, 1.82) is 0 Å². The van der Waals surface area contributed by atoms with Crippen LogP contribution < -0.4 is 4.74 Å². The summed E-state index contributed by atoms with van der Waals surface area (Å²) in [7, 11) is 0. The number of likely N-dealkylation sites (tertiary alicyclic amines) is 1. The van der Waals surface area contributed by atoms with Gasteiger partial charge in [0.15, 0.2) is 0 Å². The molecule has 0 atom stereocenters. The number of hydrogen-bond acceptors (Lipinski definition) is 3. The van der Waals surface area contributed by atoms with Crippen molar-refractivity contribution in [2.24, 2.45) is 0 Å². The summed E-state index contributed by atoms with van der Waals surface area (Å²) in [6, 6.07) is 5.47. The Kier molecular flexibility index (Phi) is 3.23. The van der Waals surface area contributed by atoms with E-state index in [1.165, 1.54) is 29.2 Å². The third kappa shape index (κ3) is 2.71. The number of ether oxygens (including phenoxy) is 1. The first-order chi connectivity index (χ1) is 8.06. The predicted octanol–water partition coefficient (Wildman–Crippen LogP) is 1.10. The zero-order valence-electron chi connectivity index (χ0n) is 8.85. The first kappa shape index (κ1) is 11.8. The summed E-state index contributed by atoms with van der Waals surface area (Å²) >= 11 is 0. The molecular formula is C11H11F2NO3. The van der Waals surface area contributed by atoms with Gasteiger partial charge >= 0.3 is 6.61 Å². The number of amides is 1. The van der Waals surface area contributed by atoms with Crippen LogP contribution in [0.15, 0.2) is 24.3 Å². The van der Waals surface area contributed by atoms with E-state index in [-0.39, 0.29) is 11.7 Å². The number of carbonyl (C=O) groups excluding carboxylic acids is 1. The van der Waals surface area contributed by atoms with E-state index in [2.05, 4.69) is 4.74 Å². The van der Waals surface area contributed by atoms with Gasteiger partial charge in [-0.1, -0.05) is 0 Å². The number of rotatable bonds is 3. The van der Waals surface area contributed by atoms with Gasteiger partial charge in [-0.3, -0.25) is 4.79 Å². The Bertz CT molecular complexity index is 402. The molecule has 6 heteroatoms. The van der Waals surface area contributed by atoms with Crippen LogP contribution >= 0.6 is 0 Å². The van der Waals surface area contributed by atoms with Crippen molar-refractivity contribution < 1.29 is 23.4 Å². The highest BCUT2D eigenvalue weighted by Crippen LogP contribution is 2.18. The SMILES string of the molecule is O=C(c1ccc(OC(F)F)cc1)N1CC(O)C1. The highest BCUT2D eigenvalue weighted by Gasteiger charge is 2.29. The number of aliphatic hydroxyl groups is 1. The van der Waals surface area contributed by atoms with Gasteiger partial charge in [0, 0.05) is 18.7 Å². The molecule has 1 amide bonds. The van der Waals surface area contributed by atoms with Gasteiger partial charge in [0.2, 0.25) is 0 Å². The van der Waals surface area contributed by atoms with E-state index >= 15 is 0 Å². The monoisotopic (exact) mass is 243 g/mol. The van der Waals surface area contributed by atoms with E-state index in [0.29, 0.717) is 18.7 Å². The molecule has 0 saturated carbocycles. The van der Waals surface area contributed by atoms with Crippen LogP contribution in [-0.4, -0.2) is 41.7 Å². The second-order valence-electron chi connectivity index (χ2n) is 3.77. The van der Waals surface area contributed by atoms with Gasteiger partial charge in [-0.25, -0.2) is 0 Å². The second-order valence-corrected chi connectivity index (χ2v) is 3.77. The number of β-amino-alcohol motifs (C(OH)–C–C–N with tert-alkyl or cyclic N) is 1. The molecule has 1 aromatic carbocycles. The second kappa shape index (κ2) is 4.67. The fourth-order valence-corrected chi connectivity index (χ4v) is 1.58. The first-order valence-electron chi connectivity index (χ1n) is 5.08. The average Bonchev–Trinajstić information content (AvgIpc) is 2.24. The van der Waals surface area contributed by atoms with Crippen molar-refractivity contribution in [2.45, 2.75) is 12.7 Å². The number of halogens is 2.